The summed E-state index contributed by atoms with van der Waals surface area (Å²) in [5.74, 6) is 0.0422. The second-order valence-corrected chi connectivity index (χ2v) is 7.48. The molecule has 0 saturated heterocycles. The van der Waals surface area contributed by atoms with E-state index in [0.717, 1.165) is 10.6 Å². The predicted octanol–water partition coefficient (Wildman–Crippen LogP) is 3.05. The van der Waals surface area contributed by atoms with Crippen molar-refractivity contribution in [3.05, 3.63) is 65.2 Å². The lowest BCUT2D eigenvalue weighted by molar-refractivity contribution is -0.148. The van der Waals surface area contributed by atoms with Gasteiger partial charge < -0.3 is 24.6 Å². The highest BCUT2D eigenvalue weighted by atomic mass is 32.1. The molecule has 168 valence electrons. The molecule has 3 rings (SSSR count). The van der Waals surface area contributed by atoms with Crippen LogP contribution in [-0.2, 0) is 16.1 Å². The fraction of sp³-hybridized carbons (Fsp3) is 0.261. The molecule has 2 aromatic carbocycles. The van der Waals surface area contributed by atoms with E-state index in [2.05, 4.69) is 10.3 Å². The molecular formula is C23H24N2O6S. The van der Waals surface area contributed by atoms with Crippen molar-refractivity contribution >= 4 is 23.2 Å². The van der Waals surface area contributed by atoms with Crippen molar-refractivity contribution in [2.24, 2.45) is 0 Å². The number of aliphatic hydroxyl groups excluding tert-OH is 1. The number of aromatic nitrogens is 1. The maximum atomic E-state index is 12.3. The van der Waals surface area contributed by atoms with Gasteiger partial charge in [-0.15, -0.1) is 11.3 Å². The molecular weight excluding hydrogens is 432 g/mol. The van der Waals surface area contributed by atoms with Gasteiger partial charge in [0, 0.05) is 16.5 Å². The Morgan fingerprint density at radius 2 is 1.94 bits per heavy atom. The normalized spacial score (nSPS) is 11.5. The van der Waals surface area contributed by atoms with Crippen molar-refractivity contribution in [2.45, 2.75) is 19.6 Å². The molecule has 0 aliphatic rings. The van der Waals surface area contributed by atoms with E-state index in [0.29, 0.717) is 29.4 Å². The highest BCUT2D eigenvalue weighted by Crippen LogP contribution is 2.33. The van der Waals surface area contributed by atoms with Gasteiger partial charge in [-0.3, -0.25) is 4.79 Å². The van der Waals surface area contributed by atoms with E-state index in [1.807, 2.05) is 25.1 Å². The molecule has 1 amide bonds. The van der Waals surface area contributed by atoms with Crippen molar-refractivity contribution in [3.63, 3.8) is 0 Å². The van der Waals surface area contributed by atoms with E-state index < -0.39 is 24.5 Å². The Bertz CT molecular complexity index is 1050. The van der Waals surface area contributed by atoms with Crippen LogP contribution in [0.1, 0.15) is 23.0 Å². The molecule has 0 spiro atoms. The molecule has 3 aromatic rings. The number of rotatable bonds is 10. The molecule has 1 heterocycles. The molecule has 2 N–H and O–H groups in total. The maximum Gasteiger partial charge on any atom is 0.331 e. The van der Waals surface area contributed by atoms with Gasteiger partial charge in [0.2, 0.25) is 0 Å². The number of esters is 1. The molecule has 0 radical (unpaired) electrons. The summed E-state index contributed by atoms with van der Waals surface area (Å²) >= 11 is 1.40. The topological polar surface area (TPSA) is 107 Å². The highest BCUT2D eigenvalue weighted by molar-refractivity contribution is 7.13. The number of nitrogens with zero attached hydrogens (tertiary/aromatic N) is 1. The van der Waals surface area contributed by atoms with Gasteiger partial charge in [-0.2, -0.15) is 0 Å². The molecule has 1 unspecified atom stereocenters. The predicted molar refractivity (Wildman–Crippen MR) is 120 cm³/mol. The summed E-state index contributed by atoms with van der Waals surface area (Å²) in [6.07, 6.45) is 0. The molecule has 9 heteroatoms. The van der Waals surface area contributed by atoms with Crippen LogP contribution in [0.5, 0.6) is 11.5 Å². The Hall–Kier alpha value is -3.43. The van der Waals surface area contributed by atoms with Gasteiger partial charge in [0.25, 0.3) is 5.91 Å². The van der Waals surface area contributed by atoms with Crippen molar-refractivity contribution < 1.29 is 28.9 Å². The fourth-order valence-corrected chi connectivity index (χ4v) is 3.64. The van der Waals surface area contributed by atoms with Crippen molar-refractivity contribution in [2.75, 3.05) is 20.3 Å². The zero-order valence-electron chi connectivity index (χ0n) is 17.7. The van der Waals surface area contributed by atoms with E-state index in [4.69, 9.17) is 14.2 Å². The van der Waals surface area contributed by atoms with Gasteiger partial charge in [0.1, 0.15) is 11.6 Å². The first-order chi connectivity index (χ1) is 15.5. The Labute approximate surface area is 189 Å². The molecule has 0 aliphatic heterocycles. The summed E-state index contributed by atoms with van der Waals surface area (Å²) in [5, 5.41) is 14.5. The summed E-state index contributed by atoms with van der Waals surface area (Å²) in [6, 6.07) is 12.8. The summed E-state index contributed by atoms with van der Waals surface area (Å²) < 4.78 is 16.1. The minimum absolute atomic E-state index is 0.0821. The standard InChI is InChI=1S/C23H24N2O6S/c1-3-30-19-10-9-16(11-20(19)29-2)22-24-17(14-32-22)13-31-23(28)18(12-26)25-21(27)15-7-5-4-6-8-15/h4-11,14,18,26H,3,12-13H2,1-2H3,(H,25,27). The molecule has 8 nitrogen and oxygen atoms in total. The number of amides is 1. The van der Waals surface area contributed by atoms with Crippen LogP contribution >= 0.6 is 11.3 Å². The minimum Gasteiger partial charge on any atom is -0.493 e. The van der Waals surface area contributed by atoms with Crippen LogP contribution in [0.3, 0.4) is 0 Å². The Kier molecular flexibility index (Phi) is 8.18. The average Bonchev–Trinajstić information content (AvgIpc) is 3.31. The first-order valence-electron chi connectivity index (χ1n) is 9.94. The number of carbonyl (C=O) groups excluding carboxylic acids is 2. The Morgan fingerprint density at radius 3 is 2.62 bits per heavy atom. The van der Waals surface area contributed by atoms with Gasteiger partial charge in [-0.1, -0.05) is 18.2 Å². The third-order valence-electron chi connectivity index (χ3n) is 4.43. The lowest BCUT2D eigenvalue weighted by Crippen LogP contribution is -2.44. The maximum absolute atomic E-state index is 12.3. The number of aliphatic hydroxyl groups is 1. The summed E-state index contributed by atoms with van der Waals surface area (Å²) in [7, 11) is 1.57. The van der Waals surface area contributed by atoms with Crippen LogP contribution in [-0.4, -0.2) is 48.3 Å². The summed E-state index contributed by atoms with van der Waals surface area (Å²) in [6.45, 7) is 1.77. The van der Waals surface area contributed by atoms with Crippen molar-refractivity contribution in [1.82, 2.24) is 10.3 Å². The smallest absolute Gasteiger partial charge is 0.331 e. The lowest BCUT2D eigenvalue weighted by atomic mass is 10.2. The zero-order valence-corrected chi connectivity index (χ0v) is 18.6. The van der Waals surface area contributed by atoms with E-state index in [1.54, 1.807) is 42.8 Å². The third-order valence-corrected chi connectivity index (χ3v) is 5.37. The Morgan fingerprint density at radius 1 is 1.16 bits per heavy atom. The molecule has 1 atom stereocenters. The number of benzene rings is 2. The van der Waals surface area contributed by atoms with Crippen LogP contribution in [0.2, 0.25) is 0 Å². The van der Waals surface area contributed by atoms with E-state index in [9.17, 15) is 14.7 Å². The van der Waals surface area contributed by atoms with Crippen LogP contribution < -0.4 is 14.8 Å². The fourth-order valence-electron chi connectivity index (χ4n) is 2.84. The van der Waals surface area contributed by atoms with Crippen molar-refractivity contribution in [3.8, 4) is 22.1 Å². The quantitative estimate of drug-likeness (QED) is 0.452. The first kappa shape index (κ1) is 23.2. The van der Waals surface area contributed by atoms with Gasteiger partial charge >= 0.3 is 5.97 Å². The van der Waals surface area contributed by atoms with E-state index >= 15 is 0 Å². The average molecular weight is 457 g/mol. The van der Waals surface area contributed by atoms with Crippen LogP contribution in [0, 0.1) is 0 Å². The first-order valence-corrected chi connectivity index (χ1v) is 10.8. The Balaban J connectivity index is 1.60. The number of ether oxygens (including phenoxy) is 3. The van der Waals surface area contributed by atoms with Gasteiger partial charge in [-0.05, 0) is 37.3 Å². The second kappa shape index (κ2) is 11.3. The van der Waals surface area contributed by atoms with Crippen LogP contribution in [0.4, 0.5) is 0 Å². The van der Waals surface area contributed by atoms with Crippen LogP contribution in [0.25, 0.3) is 10.6 Å². The third kappa shape index (κ3) is 5.83. The molecule has 0 aliphatic carbocycles. The number of nitrogens with one attached hydrogen (secondary N) is 1. The SMILES string of the molecule is CCOc1ccc(-c2nc(COC(=O)C(CO)NC(=O)c3ccccc3)cs2)cc1OC. The van der Waals surface area contributed by atoms with E-state index in [-0.39, 0.29) is 6.61 Å². The number of thiazole rings is 1. The minimum atomic E-state index is -1.17. The summed E-state index contributed by atoms with van der Waals surface area (Å²) in [5.41, 5.74) is 1.78. The van der Waals surface area contributed by atoms with Gasteiger partial charge in [-0.25, -0.2) is 9.78 Å². The van der Waals surface area contributed by atoms with Crippen molar-refractivity contribution in [1.29, 1.82) is 0 Å². The monoisotopic (exact) mass is 456 g/mol. The summed E-state index contributed by atoms with van der Waals surface area (Å²) in [4.78, 5) is 29.0. The van der Waals surface area contributed by atoms with Crippen LogP contribution in [0.15, 0.2) is 53.9 Å². The number of hydrogen-bond acceptors (Lipinski definition) is 8. The highest BCUT2D eigenvalue weighted by Gasteiger charge is 2.22. The zero-order chi connectivity index (χ0) is 22.9. The van der Waals surface area contributed by atoms with Gasteiger partial charge in [0.05, 0.1) is 26.0 Å². The second-order valence-electron chi connectivity index (χ2n) is 6.63. The molecule has 1 aromatic heterocycles. The number of methoxy groups -OCH3 is 1. The largest absolute Gasteiger partial charge is 0.493 e. The molecule has 32 heavy (non-hydrogen) atoms. The molecule has 0 bridgehead atoms. The van der Waals surface area contributed by atoms with E-state index in [1.165, 1.54) is 11.3 Å². The molecule has 0 saturated carbocycles. The number of hydrogen-bond donors (Lipinski definition) is 2. The van der Waals surface area contributed by atoms with Gasteiger partial charge in [0.15, 0.2) is 17.5 Å². The lowest BCUT2D eigenvalue weighted by Gasteiger charge is -2.15. The molecule has 0 fully saturated rings. The number of carbonyl (C=O) groups is 2.